The standard InChI is InChI=1S/C19H21N3/c1-22-11-10-18-17(12-22)15-4-2-3-5-16(15)19(21-18)13-6-8-14(20)9-7-13/h2-9,17-18H,10-12,20H2,1H3. The minimum absolute atomic E-state index is 0.402. The third-order valence-electron chi connectivity index (χ3n) is 4.87. The minimum Gasteiger partial charge on any atom is -0.399 e. The summed E-state index contributed by atoms with van der Waals surface area (Å²) < 4.78 is 0. The molecule has 3 nitrogen and oxygen atoms in total. The molecule has 4 rings (SSSR count). The molecular weight excluding hydrogens is 270 g/mol. The Morgan fingerprint density at radius 1 is 1.09 bits per heavy atom. The van der Waals surface area contributed by atoms with Gasteiger partial charge in [0.05, 0.1) is 11.8 Å². The van der Waals surface area contributed by atoms with Crippen molar-refractivity contribution >= 4 is 11.4 Å². The van der Waals surface area contributed by atoms with Crippen molar-refractivity contribution < 1.29 is 0 Å². The highest BCUT2D eigenvalue weighted by molar-refractivity contribution is 6.14. The highest BCUT2D eigenvalue weighted by Gasteiger charge is 2.34. The lowest BCUT2D eigenvalue weighted by Crippen LogP contribution is -2.41. The molecule has 2 heterocycles. The van der Waals surface area contributed by atoms with Crippen LogP contribution in [0, 0.1) is 0 Å². The molecule has 22 heavy (non-hydrogen) atoms. The fourth-order valence-corrected chi connectivity index (χ4v) is 3.71. The average molecular weight is 291 g/mol. The molecule has 2 N–H and O–H groups in total. The first-order valence-corrected chi connectivity index (χ1v) is 7.94. The number of anilines is 1. The SMILES string of the molecule is CN1CCC2N=C(c3ccc(N)cc3)c3ccccc3C2C1. The molecule has 2 atom stereocenters. The number of hydrogen-bond donors (Lipinski definition) is 1. The number of nitrogens with two attached hydrogens (primary N) is 1. The predicted molar refractivity (Wildman–Crippen MR) is 91.6 cm³/mol. The summed E-state index contributed by atoms with van der Waals surface area (Å²) in [6.45, 7) is 2.22. The molecule has 3 heteroatoms. The van der Waals surface area contributed by atoms with Gasteiger partial charge in [-0.05, 0) is 37.7 Å². The average Bonchev–Trinajstić information content (AvgIpc) is 2.55. The van der Waals surface area contributed by atoms with E-state index in [1.54, 1.807) is 0 Å². The minimum atomic E-state index is 0.402. The Labute approximate surface area is 131 Å². The number of rotatable bonds is 1. The summed E-state index contributed by atoms with van der Waals surface area (Å²) in [5, 5.41) is 0. The van der Waals surface area contributed by atoms with Crippen LogP contribution in [-0.4, -0.2) is 36.8 Å². The fourth-order valence-electron chi connectivity index (χ4n) is 3.71. The van der Waals surface area contributed by atoms with E-state index in [-0.39, 0.29) is 0 Å². The highest BCUT2D eigenvalue weighted by atomic mass is 15.1. The van der Waals surface area contributed by atoms with E-state index < -0.39 is 0 Å². The van der Waals surface area contributed by atoms with Crippen molar-refractivity contribution in [3.05, 3.63) is 65.2 Å². The number of hydrogen-bond acceptors (Lipinski definition) is 3. The van der Waals surface area contributed by atoms with Crippen molar-refractivity contribution in [2.24, 2.45) is 4.99 Å². The van der Waals surface area contributed by atoms with Crippen LogP contribution in [0.4, 0.5) is 5.69 Å². The lowest BCUT2D eigenvalue weighted by Gasteiger charge is -2.39. The van der Waals surface area contributed by atoms with Gasteiger partial charge in [0.2, 0.25) is 0 Å². The van der Waals surface area contributed by atoms with Gasteiger partial charge in [-0.1, -0.05) is 36.4 Å². The van der Waals surface area contributed by atoms with E-state index in [0.29, 0.717) is 12.0 Å². The van der Waals surface area contributed by atoms with Crippen LogP contribution in [0.15, 0.2) is 53.5 Å². The summed E-state index contributed by atoms with van der Waals surface area (Å²) in [5.74, 6) is 0.521. The highest BCUT2D eigenvalue weighted by Crippen LogP contribution is 2.36. The Bertz CT molecular complexity index is 718. The Balaban J connectivity index is 1.83. The number of piperidine rings is 1. The maximum Gasteiger partial charge on any atom is 0.0725 e. The van der Waals surface area contributed by atoms with Gasteiger partial charge in [-0.2, -0.15) is 0 Å². The van der Waals surface area contributed by atoms with Crippen LogP contribution in [-0.2, 0) is 0 Å². The van der Waals surface area contributed by atoms with Gasteiger partial charge in [0, 0.05) is 29.3 Å². The van der Waals surface area contributed by atoms with Crippen molar-refractivity contribution in [1.82, 2.24) is 4.90 Å². The second-order valence-electron chi connectivity index (χ2n) is 6.41. The number of nitrogen functional groups attached to an aromatic ring is 1. The lowest BCUT2D eigenvalue weighted by atomic mass is 9.79. The summed E-state index contributed by atoms with van der Waals surface area (Å²) in [6.07, 6.45) is 1.13. The number of likely N-dealkylation sites (N-methyl/N-ethyl adjacent to an activating group) is 1. The Kier molecular flexibility index (Phi) is 3.23. The maximum absolute atomic E-state index is 5.83. The van der Waals surface area contributed by atoms with E-state index in [9.17, 15) is 0 Å². The molecule has 1 fully saturated rings. The Morgan fingerprint density at radius 3 is 2.68 bits per heavy atom. The van der Waals surface area contributed by atoms with Crippen molar-refractivity contribution in [1.29, 1.82) is 0 Å². The number of fused-ring (bicyclic) bond motifs is 3. The number of benzene rings is 2. The van der Waals surface area contributed by atoms with Crippen molar-refractivity contribution in [2.75, 3.05) is 25.9 Å². The first-order chi connectivity index (χ1) is 10.7. The van der Waals surface area contributed by atoms with Crippen molar-refractivity contribution in [3.63, 3.8) is 0 Å². The monoisotopic (exact) mass is 291 g/mol. The molecule has 0 saturated carbocycles. The summed E-state index contributed by atoms with van der Waals surface area (Å²) >= 11 is 0. The van der Waals surface area contributed by atoms with Crippen LogP contribution in [0.3, 0.4) is 0 Å². The molecule has 2 aliphatic heterocycles. The molecular formula is C19H21N3. The third-order valence-corrected chi connectivity index (χ3v) is 4.87. The van der Waals surface area contributed by atoms with Crippen LogP contribution in [0.2, 0.25) is 0 Å². The first kappa shape index (κ1) is 13.5. The molecule has 1 saturated heterocycles. The smallest absolute Gasteiger partial charge is 0.0725 e. The van der Waals surface area contributed by atoms with E-state index in [2.05, 4.69) is 48.3 Å². The number of likely N-dealkylation sites (tertiary alicyclic amines) is 1. The molecule has 0 spiro atoms. The molecule has 2 aliphatic rings. The summed E-state index contributed by atoms with van der Waals surface area (Å²) in [6, 6.07) is 17.2. The van der Waals surface area contributed by atoms with Crippen molar-refractivity contribution in [2.45, 2.75) is 18.4 Å². The second kappa shape index (κ2) is 5.25. The molecule has 2 aromatic carbocycles. The largest absolute Gasteiger partial charge is 0.399 e. The van der Waals surface area contributed by atoms with Gasteiger partial charge in [-0.25, -0.2) is 0 Å². The molecule has 0 radical (unpaired) electrons. The summed E-state index contributed by atoms with van der Waals surface area (Å²) in [5.41, 5.74) is 11.6. The third kappa shape index (κ3) is 2.22. The maximum atomic E-state index is 5.83. The molecule has 2 unspecified atom stereocenters. The zero-order valence-electron chi connectivity index (χ0n) is 12.9. The van der Waals surface area contributed by atoms with E-state index in [4.69, 9.17) is 10.7 Å². The predicted octanol–water partition coefficient (Wildman–Crippen LogP) is 2.91. The van der Waals surface area contributed by atoms with Gasteiger partial charge in [0.15, 0.2) is 0 Å². The van der Waals surface area contributed by atoms with Gasteiger partial charge >= 0.3 is 0 Å². The van der Waals surface area contributed by atoms with Gasteiger partial charge in [0.1, 0.15) is 0 Å². The van der Waals surface area contributed by atoms with Gasteiger partial charge in [0.25, 0.3) is 0 Å². The topological polar surface area (TPSA) is 41.6 Å². The molecule has 0 amide bonds. The van der Waals surface area contributed by atoms with Crippen LogP contribution in [0.25, 0.3) is 0 Å². The zero-order chi connectivity index (χ0) is 15.1. The first-order valence-electron chi connectivity index (χ1n) is 7.94. The van der Waals surface area contributed by atoms with Gasteiger partial charge in [-0.3, -0.25) is 4.99 Å². The van der Waals surface area contributed by atoms with E-state index in [1.165, 1.54) is 16.7 Å². The number of aliphatic imine (C=N–C) groups is 1. The lowest BCUT2D eigenvalue weighted by molar-refractivity contribution is 0.227. The van der Waals surface area contributed by atoms with Crippen LogP contribution < -0.4 is 5.73 Å². The molecule has 0 aromatic heterocycles. The molecule has 2 aromatic rings. The van der Waals surface area contributed by atoms with Gasteiger partial charge in [-0.15, -0.1) is 0 Å². The van der Waals surface area contributed by atoms with E-state index in [0.717, 1.165) is 30.9 Å². The fraction of sp³-hybridized carbons (Fsp3) is 0.316. The normalized spacial score (nSPS) is 24.3. The molecule has 0 bridgehead atoms. The van der Waals surface area contributed by atoms with Crippen LogP contribution in [0.1, 0.15) is 29.0 Å². The van der Waals surface area contributed by atoms with Crippen molar-refractivity contribution in [3.8, 4) is 0 Å². The quantitative estimate of drug-likeness (QED) is 0.821. The zero-order valence-corrected chi connectivity index (χ0v) is 12.9. The van der Waals surface area contributed by atoms with E-state index in [1.807, 2.05) is 12.1 Å². The summed E-state index contributed by atoms with van der Waals surface area (Å²) in [4.78, 5) is 7.55. The summed E-state index contributed by atoms with van der Waals surface area (Å²) in [7, 11) is 2.21. The Morgan fingerprint density at radius 2 is 1.86 bits per heavy atom. The number of nitrogens with zero attached hydrogens (tertiary/aromatic N) is 2. The van der Waals surface area contributed by atoms with Crippen LogP contribution in [0.5, 0.6) is 0 Å². The molecule has 0 aliphatic carbocycles. The van der Waals surface area contributed by atoms with Crippen LogP contribution >= 0.6 is 0 Å². The van der Waals surface area contributed by atoms with Gasteiger partial charge < -0.3 is 10.6 Å². The Hall–Kier alpha value is -2.13. The molecule has 112 valence electrons. The van der Waals surface area contributed by atoms with E-state index >= 15 is 0 Å². The second-order valence-corrected chi connectivity index (χ2v) is 6.41.